The Labute approximate surface area is 430 Å². The van der Waals surface area contributed by atoms with Crippen LogP contribution < -0.4 is 5.11 Å². The van der Waals surface area contributed by atoms with Crippen LogP contribution in [0.1, 0.15) is 226 Å². The molecule has 0 heterocycles. The standard InChI is InChI=1S/C61H105NO8/c1-6-8-10-12-14-16-18-20-22-24-25-26-27-28-29-30-31-32-33-34-35-36-38-40-42-44-46-48-50-52-59(64)70-57(56-69-61(60(65)66)67-54-53-62(3,4)5)55-68-58(63)51-49-47-45-43-41-39-37-23-21-19-17-15-13-11-9-7-2/h8,10,14,16,20,22-23,25-26,28-29,31-32,37,57,61H,6-7,9,11-13,15,17-19,21,24,27,30,33-36,38-56H2,1-5H3/b10-8-,16-14-,22-20-,26-25-,29-28-,32-31-,37-23-. The minimum atomic E-state index is -1.63. The van der Waals surface area contributed by atoms with Crippen molar-refractivity contribution in [2.24, 2.45) is 0 Å². The van der Waals surface area contributed by atoms with Gasteiger partial charge in [0, 0.05) is 12.8 Å². The minimum Gasteiger partial charge on any atom is -0.545 e. The topological polar surface area (TPSA) is 111 Å². The largest absolute Gasteiger partial charge is 0.545 e. The third-order valence-electron chi connectivity index (χ3n) is 11.9. The molecule has 0 N–H and O–H groups in total. The lowest BCUT2D eigenvalue weighted by Gasteiger charge is -2.26. The lowest BCUT2D eigenvalue weighted by molar-refractivity contribution is -0.870. The summed E-state index contributed by atoms with van der Waals surface area (Å²) in [6.45, 7) is 4.61. The number of hydrogen-bond donors (Lipinski definition) is 0. The number of nitrogens with zero attached hydrogens (tertiary/aromatic N) is 1. The fraction of sp³-hybridized carbons (Fsp3) is 0.721. The molecule has 0 aliphatic rings. The van der Waals surface area contributed by atoms with Gasteiger partial charge < -0.3 is 33.3 Å². The second-order valence-corrected chi connectivity index (χ2v) is 19.8. The van der Waals surface area contributed by atoms with Gasteiger partial charge in [-0.15, -0.1) is 0 Å². The summed E-state index contributed by atoms with van der Waals surface area (Å²) in [4.78, 5) is 37.2. The van der Waals surface area contributed by atoms with Crippen LogP contribution in [-0.2, 0) is 33.3 Å². The van der Waals surface area contributed by atoms with E-state index in [1.807, 2.05) is 21.1 Å². The van der Waals surface area contributed by atoms with Crippen molar-refractivity contribution in [2.75, 3.05) is 47.5 Å². The lowest BCUT2D eigenvalue weighted by Crippen LogP contribution is -2.44. The summed E-state index contributed by atoms with van der Waals surface area (Å²) >= 11 is 0. The van der Waals surface area contributed by atoms with Crippen LogP contribution in [0.25, 0.3) is 0 Å². The molecule has 9 heteroatoms. The van der Waals surface area contributed by atoms with Crippen LogP contribution in [0.3, 0.4) is 0 Å². The van der Waals surface area contributed by atoms with Crippen molar-refractivity contribution in [1.29, 1.82) is 0 Å². The van der Waals surface area contributed by atoms with E-state index in [1.54, 1.807) is 0 Å². The molecule has 0 fully saturated rings. The maximum Gasteiger partial charge on any atom is 0.306 e. The second-order valence-electron chi connectivity index (χ2n) is 19.8. The highest BCUT2D eigenvalue weighted by atomic mass is 16.7. The molecule has 0 saturated carbocycles. The van der Waals surface area contributed by atoms with Gasteiger partial charge in [0.05, 0.1) is 40.3 Å². The number of carbonyl (C=O) groups is 3. The predicted octanol–water partition coefficient (Wildman–Crippen LogP) is 15.1. The first-order valence-electron chi connectivity index (χ1n) is 28.2. The number of carbonyl (C=O) groups excluding carboxylic acids is 3. The second kappa shape index (κ2) is 51.8. The van der Waals surface area contributed by atoms with E-state index in [9.17, 15) is 19.5 Å². The molecule has 2 atom stereocenters. The van der Waals surface area contributed by atoms with Crippen LogP contribution in [0.4, 0.5) is 0 Å². The van der Waals surface area contributed by atoms with E-state index in [0.29, 0.717) is 17.4 Å². The molecule has 0 bridgehead atoms. The number of esters is 2. The first-order chi connectivity index (χ1) is 34.1. The zero-order chi connectivity index (χ0) is 51.3. The monoisotopic (exact) mass is 980 g/mol. The number of quaternary nitrogens is 1. The van der Waals surface area contributed by atoms with E-state index in [1.165, 1.54) is 89.9 Å². The molecule has 0 spiro atoms. The lowest BCUT2D eigenvalue weighted by atomic mass is 10.0. The van der Waals surface area contributed by atoms with Crippen molar-refractivity contribution in [3.8, 4) is 0 Å². The van der Waals surface area contributed by atoms with Crippen LogP contribution in [-0.4, -0.2) is 82.3 Å². The average Bonchev–Trinajstić information content (AvgIpc) is 3.33. The Morgan fingerprint density at radius 3 is 1.23 bits per heavy atom. The van der Waals surface area contributed by atoms with Gasteiger partial charge in [0.15, 0.2) is 12.4 Å². The number of rotatable bonds is 51. The van der Waals surface area contributed by atoms with Gasteiger partial charge in [0.2, 0.25) is 0 Å². The molecule has 0 aromatic carbocycles. The Bertz CT molecular complexity index is 1420. The number of carboxylic acids is 1. The molecule has 9 nitrogen and oxygen atoms in total. The molecule has 0 aromatic heterocycles. The van der Waals surface area contributed by atoms with Crippen LogP contribution in [0.5, 0.6) is 0 Å². The minimum absolute atomic E-state index is 0.142. The van der Waals surface area contributed by atoms with Gasteiger partial charge in [-0.1, -0.05) is 208 Å². The third-order valence-corrected chi connectivity index (χ3v) is 11.9. The van der Waals surface area contributed by atoms with E-state index < -0.39 is 24.3 Å². The highest BCUT2D eigenvalue weighted by Gasteiger charge is 2.22. The summed E-state index contributed by atoms with van der Waals surface area (Å²) in [5.74, 6) is -2.30. The summed E-state index contributed by atoms with van der Waals surface area (Å²) in [6.07, 6.45) is 64.8. The number of allylic oxidation sites excluding steroid dienone is 14. The fourth-order valence-corrected chi connectivity index (χ4v) is 7.53. The van der Waals surface area contributed by atoms with E-state index in [-0.39, 0.29) is 38.6 Å². The Hall–Kier alpha value is -3.53. The number of unbranched alkanes of at least 4 members (excludes halogenated alkanes) is 22. The molecule has 0 radical (unpaired) electrons. The third kappa shape index (κ3) is 52.3. The molecule has 402 valence electrons. The highest BCUT2D eigenvalue weighted by Crippen LogP contribution is 2.15. The van der Waals surface area contributed by atoms with E-state index in [4.69, 9.17) is 18.9 Å². The molecule has 0 rings (SSSR count). The molecule has 0 amide bonds. The molecule has 0 aliphatic carbocycles. The van der Waals surface area contributed by atoms with Crippen molar-refractivity contribution in [1.82, 2.24) is 0 Å². The van der Waals surface area contributed by atoms with Crippen molar-refractivity contribution in [2.45, 2.75) is 238 Å². The van der Waals surface area contributed by atoms with E-state index in [0.717, 1.165) is 103 Å². The van der Waals surface area contributed by atoms with Gasteiger partial charge in [0.25, 0.3) is 0 Å². The maximum absolute atomic E-state index is 12.9. The van der Waals surface area contributed by atoms with E-state index >= 15 is 0 Å². The molecule has 0 saturated heterocycles. The number of ether oxygens (including phenoxy) is 4. The van der Waals surface area contributed by atoms with Crippen molar-refractivity contribution in [3.63, 3.8) is 0 Å². The highest BCUT2D eigenvalue weighted by molar-refractivity contribution is 5.70. The summed E-state index contributed by atoms with van der Waals surface area (Å²) in [6, 6.07) is 0. The van der Waals surface area contributed by atoms with Crippen LogP contribution in [0.15, 0.2) is 85.1 Å². The van der Waals surface area contributed by atoms with Crippen molar-refractivity contribution in [3.05, 3.63) is 85.1 Å². The van der Waals surface area contributed by atoms with Crippen molar-refractivity contribution < 1.29 is 42.9 Å². The molecular formula is C61H105NO8. The number of hydrogen-bond acceptors (Lipinski definition) is 8. The Morgan fingerprint density at radius 2 is 0.814 bits per heavy atom. The van der Waals surface area contributed by atoms with Crippen molar-refractivity contribution >= 4 is 17.9 Å². The summed E-state index contributed by atoms with van der Waals surface area (Å²) < 4.78 is 22.7. The number of carboxylic acid groups (broad SMARTS) is 1. The first-order valence-corrected chi connectivity index (χ1v) is 28.2. The fourth-order valence-electron chi connectivity index (χ4n) is 7.53. The van der Waals surface area contributed by atoms with Gasteiger partial charge in [-0.3, -0.25) is 9.59 Å². The zero-order valence-corrected chi connectivity index (χ0v) is 45.6. The van der Waals surface area contributed by atoms with Gasteiger partial charge in [-0.2, -0.15) is 0 Å². The number of likely N-dealkylation sites (N-methyl/N-ethyl adjacent to an activating group) is 1. The van der Waals surface area contributed by atoms with Crippen LogP contribution in [0, 0.1) is 0 Å². The van der Waals surface area contributed by atoms with Gasteiger partial charge in [-0.05, 0) is 89.9 Å². The van der Waals surface area contributed by atoms with Crippen LogP contribution in [0.2, 0.25) is 0 Å². The smallest absolute Gasteiger partial charge is 0.306 e. The molecule has 70 heavy (non-hydrogen) atoms. The molecule has 0 aromatic rings. The number of aliphatic carboxylic acids is 1. The quantitative estimate of drug-likeness (QED) is 0.0195. The maximum atomic E-state index is 12.9. The van der Waals surface area contributed by atoms with Gasteiger partial charge in [-0.25, -0.2) is 0 Å². The summed E-state index contributed by atoms with van der Waals surface area (Å²) in [7, 11) is 5.91. The molecule has 0 aliphatic heterocycles. The Balaban J connectivity index is 4.27. The Morgan fingerprint density at radius 1 is 0.443 bits per heavy atom. The SMILES string of the molecule is CC/C=C\C/C=C\C/C=C\C/C=C\C/C=C\C/C=C\CCCCCCCCCCCCC(=O)OC(COC(=O)CCCCCCC/C=C\CCCCCCCCC)COC(OCC[N+](C)(C)C)C(=O)[O-]. The Kier molecular flexibility index (Phi) is 49.2. The molecular weight excluding hydrogens is 875 g/mol. The average molecular weight is 981 g/mol. The summed E-state index contributed by atoms with van der Waals surface area (Å²) in [5, 5.41) is 11.8. The predicted molar refractivity (Wildman–Crippen MR) is 292 cm³/mol. The van der Waals surface area contributed by atoms with Crippen LogP contribution >= 0.6 is 0 Å². The summed E-state index contributed by atoms with van der Waals surface area (Å²) in [5.41, 5.74) is 0. The van der Waals surface area contributed by atoms with Gasteiger partial charge >= 0.3 is 11.9 Å². The zero-order valence-electron chi connectivity index (χ0n) is 45.6. The molecule has 2 unspecified atom stereocenters. The normalized spacial score (nSPS) is 13.4. The first kappa shape index (κ1) is 66.5. The van der Waals surface area contributed by atoms with E-state index in [2.05, 4.69) is 98.9 Å². The van der Waals surface area contributed by atoms with Gasteiger partial charge in [0.1, 0.15) is 13.2 Å².